The molecule has 2 N–H and O–H groups in total. The van der Waals surface area contributed by atoms with Gasteiger partial charge < -0.3 is 19.9 Å². The van der Waals surface area contributed by atoms with Gasteiger partial charge in [0.1, 0.15) is 23.7 Å². The van der Waals surface area contributed by atoms with E-state index in [1.54, 1.807) is 0 Å². The van der Waals surface area contributed by atoms with Crippen molar-refractivity contribution in [2.24, 2.45) is 0 Å². The number of aliphatic carboxylic acids is 1. The summed E-state index contributed by atoms with van der Waals surface area (Å²) in [6, 6.07) is 8.36. The third-order valence-corrected chi connectivity index (χ3v) is 5.39. The van der Waals surface area contributed by atoms with Crippen LogP contribution in [-0.4, -0.2) is 58.9 Å². The number of carbonyl (C=O) groups excluding carboxylic acids is 2. The minimum absolute atomic E-state index is 0.0590. The number of fused-ring (bicyclic) bond motifs is 1. The quantitative estimate of drug-likeness (QED) is 0.716. The number of hydrogen-bond donors (Lipinski definition) is 2. The number of ether oxygens (including phenoxy) is 2. The summed E-state index contributed by atoms with van der Waals surface area (Å²) in [5.74, 6) is -1.23. The molecule has 1 aromatic carbocycles. The van der Waals surface area contributed by atoms with Gasteiger partial charge in [0.05, 0.1) is 6.61 Å². The third kappa shape index (κ3) is 3.54. The fourth-order valence-corrected chi connectivity index (χ4v) is 4.19. The van der Waals surface area contributed by atoms with Crippen molar-refractivity contribution in [3.05, 3.63) is 47.2 Å². The van der Waals surface area contributed by atoms with E-state index in [4.69, 9.17) is 9.47 Å². The van der Waals surface area contributed by atoms with E-state index in [-0.39, 0.29) is 18.9 Å². The van der Waals surface area contributed by atoms with Crippen LogP contribution in [0.15, 0.2) is 41.6 Å². The van der Waals surface area contributed by atoms with Crippen LogP contribution in [0.4, 0.5) is 4.79 Å². The van der Waals surface area contributed by atoms with Gasteiger partial charge in [0.15, 0.2) is 0 Å². The number of benzene rings is 1. The normalized spacial score (nSPS) is 21.7. The lowest BCUT2D eigenvalue weighted by Gasteiger charge is -2.49. The van der Waals surface area contributed by atoms with Gasteiger partial charge in [-0.1, -0.05) is 30.3 Å². The number of rotatable bonds is 6. The zero-order valence-electron chi connectivity index (χ0n) is 14.0. The Morgan fingerprint density at radius 2 is 2.04 bits per heavy atom. The molecule has 138 valence electrons. The molecule has 26 heavy (non-hydrogen) atoms. The van der Waals surface area contributed by atoms with Gasteiger partial charge in [-0.2, -0.15) is 0 Å². The molecule has 0 saturated carbocycles. The molecule has 0 spiro atoms. The largest absolute Gasteiger partial charge is 0.477 e. The van der Waals surface area contributed by atoms with Gasteiger partial charge in [-0.25, -0.2) is 9.59 Å². The Hall–Kier alpha value is -2.52. The molecule has 0 bridgehead atoms. The van der Waals surface area contributed by atoms with E-state index in [1.807, 2.05) is 30.3 Å². The van der Waals surface area contributed by atoms with Crippen LogP contribution in [0.5, 0.6) is 0 Å². The molecule has 0 radical (unpaired) electrons. The predicted molar refractivity (Wildman–Crippen MR) is 93.2 cm³/mol. The van der Waals surface area contributed by atoms with E-state index in [1.165, 1.54) is 23.8 Å². The number of nitrogens with one attached hydrogen (secondary N) is 1. The summed E-state index contributed by atoms with van der Waals surface area (Å²) in [5.41, 5.74) is 1.31. The van der Waals surface area contributed by atoms with Gasteiger partial charge in [0.2, 0.25) is 0 Å². The Balaban J connectivity index is 1.61. The Kier molecular flexibility index (Phi) is 5.48. The van der Waals surface area contributed by atoms with Crippen LogP contribution in [0.25, 0.3) is 0 Å². The fraction of sp³-hybridized carbons (Fsp3) is 0.353. The maximum atomic E-state index is 12.4. The van der Waals surface area contributed by atoms with Crippen molar-refractivity contribution < 1.29 is 29.0 Å². The molecule has 2 aliphatic heterocycles. The smallest absolute Gasteiger partial charge is 0.408 e. The molecular weight excluding hydrogens is 360 g/mol. The molecule has 0 aromatic heterocycles. The van der Waals surface area contributed by atoms with Gasteiger partial charge in [-0.15, -0.1) is 11.8 Å². The molecule has 3 rings (SSSR count). The molecule has 2 heterocycles. The minimum Gasteiger partial charge on any atom is -0.477 e. The summed E-state index contributed by atoms with van der Waals surface area (Å²) in [5, 5.41) is 11.5. The summed E-state index contributed by atoms with van der Waals surface area (Å²) in [6.07, 6.45) is -0.712. The zero-order chi connectivity index (χ0) is 18.7. The zero-order valence-corrected chi connectivity index (χ0v) is 14.8. The Labute approximate surface area is 154 Å². The van der Waals surface area contributed by atoms with Crippen molar-refractivity contribution in [1.82, 2.24) is 10.2 Å². The highest BCUT2D eigenvalue weighted by Crippen LogP contribution is 2.40. The first kappa shape index (κ1) is 18.3. The van der Waals surface area contributed by atoms with Crippen molar-refractivity contribution in [3.8, 4) is 0 Å². The van der Waals surface area contributed by atoms with Crippen molar-refractivity contribution in [3.63, 3.8) is 0 Å². The number of amides is 2. The molecule has 8 nitrogen and oxygen atoms in total. The maximum Gasteiger partial charge on any atom is 0.408 e. The fourth-order valence-electron chi connectivity index (χ4n) is 2.86. The van der Waals surface area contributed by atoms with E-state index in [9.17, 15) is 19.5 Å². The second-order valence-corrected chi connectivity index (χ2v) is 6.89. The molecular formula is C17H18N2O6S. The van der Waals surface area contributed by atoms with Gasteiger partial charge in [0.25, 0.3) is 5.91 Å². The SMILES string of the molecule is COCC1=C(C(=O)O)N2C(=O)C(NC(=O)OCc3ccccc3)[C@@H]2SC1. The molecule has 1 unspecified atom stereocenters. The van der Waals surface area contributed by atoms with Crippen LogP contribution in [-0.2, 0) is 25.7 Å². The van der Waals surface area contributed by atoms with E-state index in [2.05, 4.69) is 5.32 Å². The van der Waals surface area contributed by atoms with Crippen molar-refractivity contribution in [1.29, 1.82) is 0 Å². The molecule has 1 fully saturated rings. The van der Waals surface area contributed by atoms with Crippen molar-refractivity contribution >= 4 is 29.7 Å². The number of carboxylic acid groups (broad SMARTS) is 1. The second kappa shape index (κ2) is 7.79. The van der Waals surface area contributed by atoms with Crippen molar-refractivity contribution in [2.75, 3.05) is 19.5 Å². The number of thioether (sulfide) groups is 1. The number of methoxy groups -OCH3 is 1. The first-order chi connectivity index (χ1) is 12.5. The molecule has 2 amide bonds. The molecule has 9 heteroatoms. The Morgan fingerprint density at radius 3 is 2.69 bits per heavy atom. The van der Waals surface area contributed by atoms with E-state index < -0.39 is 29.4 Å². The Morgan fingerprint density at radius 1 is 1.31 bits per heavy atom. The van der Waals surface area contributed by atoms with Crippen LogP contribution in [0.2, 0.25) is 0 Å². The molecule has 2 aliphatic rings. The summed E-state index contributed by atoms with van der Waals surface area (Å²) >= 11 is 1.38. The number of hydrogen-bond acceptors (Lipinski definition) is 6. The number of nitrogens with zero attached hydrogens (tertiary/aromatic N) is 1. The standard InChI is InChI=1S/C17H18N2O6S/c1-24-8-11-9-26-15-12(14(20)19(15)13(11)16(21)22)18-17(23)25-7-10-5-3-2-4-6-10/h2-6,12,15H,7-9H2,1H3,(H,18,23)(H,21,22)/t12?,15-/m0/s1. The molecule has 1 saturated heterocycles. The first-order valence-electron chi connectivity index (χ1n) is 7.89. The number of carboxylic acids is 1. The van der Waals surface area contributed by atoms with Crippen LogP contribution in [0.3, 0.4) is 0 Å². The lowest BCUT2D eigenvalue weighted by molar-refractivity contribution is -0.149. The van der Waals surface area contributed by atoms with E-state index >= 15 is 0 Å². The van der Waals surface area contributed by atoms with Crippen LogP contribution in [0, 0.1) is 0 Å². The average Bonchev–Trinajstić information content (AvgIpc) is 2.65. The highest BCUT2D eigenvalue weighted by molar-refractivity contribution is 8.00. The van der Waals surface area contributed by atoms with Gasteiger partial charge >= 0.3 is 12.1 Å². The van der Waals surface area contributed by atoms with Gasteiger partial charge in [-0.3, -0.25) is 9.69 Å². The highest BCUT2D eigenvalue weighted by atomic mass is 32.2. The van der Waals surface area contributed by atoms with Crippen LogP contribution < -0.4 is 5.32 Å². The van der Waals surface area contributed by atoms with E-state index in [0.717, 1.165) is 5.56 Å². The van der Waals surface area contributed by atoms with Crippen molar-refractivity contribution in [2.45, 2.75) is 18.0 Å². The molecule has 1 aromatic rings. The average molecular weight is 378 g/mol. The third-order valence-electron chi connectivity index (χ3n) is 4.05. The van der Waals surface area contributed by atoms with Gasteiger partial charge in [0, 0.05) is 12.9 Å². The summed E-state index contributed by atoms with van der Waals surface area (Å²) < 4.78 is 10.1. The van der Waals surface area contributed by atoms with Crippen LogP contribution >= 0.6 is 11.8 Å². The summed E-state index contributed by atoms with van der Waals surface area (Å²) in [6.45, 7) is 0.232. The lowest BCUT2D eigenvalue weighted by atomic mass is 10.0. The number of carbonyl (C=O) groups is 3. The lowest BCUT2D eigenvalue weighted by Crippen LogP contribution is -2.70. The monoisotopic (exact) mass is 378 g/mol. The van der Waals surface area contributed by atoms with E-state index in [0.29, 0.717) is 11.3 Å². The second-order valence-electron chi connectivity index (χ2n) is 5.78. The maximum absolute atomic E-state index is 12.4. The Bertz CT molecular complexity index is 751. The number of β-lactam (4-membered cyclic amide) rings is 1. The van der Waals surface area contributed by atoms with Crippen LogP contribution in [0.1, 0.15) is 5.56 Å². The summed E-state index contributed by atoms with van der Waals surface area (Å²) in [7, 11) is 1.47. The minimum atomic E-state index is -1.18. The molecule has 2 atom stereocenters. The topological polar surface area (TPSA) is 105 Å². The summed E-state index contributed by atoms with van der Waals surface area (Å²) in [4.78, 5) is 37.1. The predicted octanol–water partition coefficient (Wildman–Crippen LogP) is 1.18. The van der Waals surface area contributed by atoms with Gasteiger partial charge in [-0.05, 0) is 11.1 Å². The molecule has 0 aliphatic carbocycles. The first-order valence-corrected chi connectivity index (χ1v) is 8.94. The highest BCUT2D eigenvalue weighted by Gasteiger charge is 2.54. The number of alkyl carbamates (subject to hydrolysis) is 1.